The number of rotatable bonds is 7. The highest BCUT2D eigenvalue weighted by atomic mass is 35.5. The summed E-state index contributed by atoms with van der Waals surface area (Å²) < 4.78 is 32.4. The van der Waals surface area contributed by atoms with Gasteiger partial charge >= 0.3 is 0 Å². The van der Waals surface area contributed by atoms with E-state index < -0.39 is 10.0 Å². The molecule has 6 nitrogen and oxygen atoms in total. The van der Waals surface area contributed by atoms with E-state index in [2.05, 4.69) is 5.32 Å². The molecule has 0 saturated carbocycles. The highest BCUT2D eigenvalue weighted by Gasteiger charge is 2.26. The Morgan fingerprint density at radius 2 is 1.59 bits per heavy atom. The molecule has 1 fully saturated rings. The van der Waals surface area contributed by atoms with Crippen LogP contribution in [0.3, 0.4) is 0 Å². The molecule has 8 heteroatoms. The predicted molar refractivity (Wildman–Crippen MR) is 125 cm³/mol. The van der Waals surface area contributed by atoms with E-state index in [1.807, 2.05) is 24.3 Å². The van der Waals surface area contributed by atoms with Crippen molar-refractivity contribution in [1.82, 2.24) is 4.31 Å². The molecule has 1 amide bonds. The molecule has 0 aromatic heterocycles. The van der Waals surface area contributed by atoms with Gasteiger partial charge in [-0.1, -0.05) is 29.8 Å². The van der Waals surface area contributed by atoms with Gasteiger partial charge in [0, 0.05) is 34.9 Å². The lowest BCUT2D eigenvalue weighted by Gasteiger charge is -2.15. The zero-order chi connectivity index (χ0) is 22.6. The fourth-order valence-corrected chi connectivity index (χ4v) is 5.18. The molecule has 166 valence electrons. The molecule has 1 aliphatic heterocycles. The average molecular weight is 471 g/mol. The lowest BCUT2D eigenvalue weighted by molar-refractivity contribution is 0.102. The zero-order valence-electron chi connectivity index (χ0n) is 17.3. The quantitative estimate of drug-likeness (QED) is 0.529. The monoisotopic (exact) mass is 470 g/mol. The number of halogens is 1. The molecular formula is C24H23ClN2O4S. The maximum atomic E-state index is 12.6. The van der Waals surface area contributed by atoms with Crippen molar-refractivity contribution in [3.8, 4) is 5.75 Å². The van der Waals surface area contributed by atoms with Crippen molar-refractivity contribution in [2.75, 3.05) is 18.4 Å². The van der Waals surface area contributed by atoms with Crippen molar-refractivity contribution in [1.29, 1.82) is 0 Å². The summed E-state index contributed by atoms with van der Waals surface area (Å²) in [5.74, 6) is 0.329. The number of benzene rings is 3. The van der Waals surface area contributed by atoms with Crippen LogP contribution >= 0.6 is 11.6 Å². The van der Waals surface area contributed by atoms with Crippen LogP contribution in [-0.2, 0) is 16.6 Å². The van der Waals surface area contributed by atoms with Crippen LogP contribution in [0.1, 0.15) is 28.8 Å². The third kappa shape index (κ3) is 5.12. The third-order valence-corrected chi connectivity index (χ3v) is 7.57. The second kappa shape index (κ2) is 9.73. The summed E-state index contributed by atoms with van der Waals surface area (Å²) in [6.07, 6.45) is 1.77. The zero-order valence-corrected chi connectivity index (χ0v) is 18.9. The van der Waals surface area contributed by atoms with E-state index >= 15 is 0 Å². The number of anilines is 1. The van der Waals surface area contributed by atoms with Crippen molar-refractivity contribution < 1.29 is 17.9 Å². The number of nitrogens with one attached hydrogen (secondary N) is 1. The van der Waals surface area contributed by atoms with Crippen molar-refractivity contribution >= 4 is 33.2 Å². The first-order valence-electron chi connectivity index (χ1n) is 10.3. The Kier molecular flexibility index (Phi) is 6.79. The van der Waals surface area contributed by atoms with E-state index in [1.54, 1.807) is 36.4 Å². The smallest absolute Gasteiger partial charge is 0.255 e. The molecule has 0 aliphatic carbocycles. The molecule has 1 heterocycles. The Balaban J connectivity index is 1.36. The van der Waals surface area contributed by atoms with Crippen LogP contribution in [0.15, 0.2) is 77.7 Å². The average Bonchev–Trinajstić information content (AvgIpc) is 3.35. The third-order valence-electron chi connectivity index (χ3n) is 5.28. The standard InChI is InChI=1S/C24H23ClN2O4S/c25-23-6-2-1-5-19(23)17-31-21-11-7-18(8-12-21)24(28)26-20-9-13-22(14-10-20)32(29,30)27-15-3-4-16-27/h1-2,5-14H,3-4,15-17H2,(H,26,28). The van der Waals surface area contributed by atoms with Gasteiger partial charge in [-0.3, -0.25) is 4.79 Å². The summed E-state index contributed by atoms with van der Waals surface area (Å²) in [4.78, 5) is 12.8. The van der Waals surface area contributed by atoms with E-state index in [-0.39, 0.29) is 10.8 Å². The van der Waals surface area contributed by atoms with Crippen LogP contribution in [0.2, 0.25) is 5.02 Å². The number of sulfonamides is 1. The fraction of sp³-hybridized carbons (Fsp3) is 0.208. The SMILES string of the molecule is O=C(Nc1ccc(S(=O)(=O)N2CCCC2)cc1)c1ccc(OCc2ccccc2Cl)cc1. The normalized spacial score (nSPS) is 14.3. The minimum absolute atomic E-state index is 0.234. The Morgan fingerprint density at radius 1 is 0.938 bits per heavy atom. The van der Waals surface area contributed by atoms with Gasteiger partial charge in [0.25, 0.3) is 5.91 Å². The van der Waals surface area contributed by atoms with Crippen LogP contribution in [0.25, 0.3) is 0 Å². The van der Waals surface area contributed by atoms with Crippen LogP contribution in [0, 0.1) is 0 Å². The molecule has 1 saturated heterocycles. The summed E-state index contributed by atoms with van der Waals surface area (Å²) in [5.41, 5.74) is 1.87. The van der Waals surface area contributed by atoms with Crippen LogP contribution < -0.4 is 10.1 Å². The highest BCUT2D eigenvalue weighted by Crippen LogP contribution is 2.23. The topological polar surface area (TPSA) is 75.7 Å². The molecule has 0 spiro atoms. The first kappa shape index (κ1) is 22.3. The van der Waals surface area contributed by atoms with Crippen molar-refractivity contribution in [3.63, 3.8) is 0 Å². The first-order valence-corrected chi connectivity index (χ1v) is 12.1. The molecule has 0 radical (unpaired) electrons. The first-order chi connectivity index (χ1) is 15.4. The Labute approximate surface area is 192 Å². The maximum Gasteiger partial charge on any atom is 0.255 e. The number of amides is 1. The van der Waals surface area contributed by atoms with Crippen molar-refractivity contribution in [2.24, 2.45) is 0 Å². The van der Waals surface area contributed by atoms with Gasteiger partial charge in [-0.2, -0.15) is 4.31 Å². The van der Waals surface area contributed by atoms with Gasteiger partial charge in [0.15, 0.2) is 0 Å². The molecule has 4 rings (SSSR count). The molecule has 3 aromatic rings. The molecule has 0 atom stereocenters. The van der Waals surface area contributed by atoms with Gasteiger partial charge in [-0.05, 0) is 67.4 Å². The largest absolute Gasteiger partial charge is 0.489 e. The number of nitrogens with zero attached hydrogens (tertiary/aromatic N) is 1. The highest BCUT2D eigenvalue weighted by molar-refractivity contribution is 7.89. The van der Waals surface area contributed by atoms with E-state index in [4.69, 9.17) is 16.3 Å². The van der Waals surface area contributed by atoms with E-state index in [9.17, 15) is 13.2 Å². The Bertz CT molecular complexity index is 1190. The van der Waals surface area contributed by atoms with Crippen LogP contribution in [-0.4, -0.2) is 31.7 Å². The van der Waals surface area contributed by atoms with Crippen LogP contribution in [0.5, 0.6) is 5.75 Å². The minimum atomic E-state index is -3.47. The second-order valence-electron chi connectivity index (χ2n) is 7.49. The summed E-state index contributed by atoms with van der Waals surface area (Å²) in [7, 11) is -3.47. The van der Waals surface area contributed by atoms with Gasteiger partial charge in [0.05, 0.1) is 4.90 Å². The number of hydrogen-bond acceptors (Lipinski definition) is 4. The van der Waals surface area contributed by atoms with E-state index in [1.165, 1.54) is 16.4 Å². The molecule has 0 unspecified atom stereocenters. The predicted octanol–water partition coefficient (Wildman–Crippen LogP) is 4.96. The summed E-state index contributed by atoms with van der Waals surface area (Å²) >= 11 is 6.13. The van der Waals surface area contributed by atoms with E-state index in [0.29, 0.717) is 41.7 Å². The van der Waals surface area contributed by atoms with Crippen molar-refractivity contribution in [3.05, 3.63) is 88.9 Å². The maximum absolute atomic E-state index is 12.6. The van der Waals surface area contributed by atoms with Gasteiger partial charge in [-0.25, -0.2) is 8.42 Å². The number of carbonyl (C=O) groups is 1. The number of carbonyl (C=O) groups excluding carboxylic acids is 1. The van der Waals surface area contributed by atoms with Gasteiger partial charge in [0.1, 0.15) is 12.4 Å². The molecule has 0 bridgehead atoms. The Hall–Kier alpha value is -2.87. The van der Waals surface area contributed by atoms with Gasteiger partial charge in [0.2, 0.25) is 10.0 Å². The molecule has 32 heavy (non-hydrogen) atoms. The lowest BCUT2D eigenvalue weighted by Crippen LogP contribution is -2.27. The van der Waals surface area contributed by atoms with Crippen molar-refractivity contribution in [2.45, 2.75) is 24.3 Å². The van der Waals surface area contributed by atoms with Gasteiger partial charge < -0.3 is 10.1 Å². The number of hydrogen-bond donors (Lipinski definition) is 1. The van der Waals surface area contributed by atoms with E-state index in [0.717, 1.165) is 18.4 Å². The molecule has 3 aromatic carbocycles. The summed E-state index contributed by atoms with van der Waals surface area (Å²) in [5, 5.41) is 3.43. The Morgan fingerprint density at radius 3 is 2.25 bits per heavy atom. The minimum Gasteiger partial charge on any atom is -0.489 e. The second-order valence-corrected chi connectivity index (χ2v) is 9.84. The number of ether oxygens (including phenoxy) is 1. The fourth-order valence-electron chi connectivity index (χ4n) is 3.47. The summed E-state index contributed by atoms with van der Waals surface area (Å²) in [6.45, 7) is 1.44. The summed E-state index contributed by atoms with van der Waals surface area (Å²) in [6, 6.07) is 20.5. The lowest BCUT2D eigenvalue weighted by atomic mass is 10.2. The van der Waals surface area contributed by atoms with Crippen LogP contribution in [0.4, 0.5) is 5.69 Å². The molecule has 1 aliphatic rings. The molecule has 1 N–H and O–H groups in total. The molecular weight excluding hydrogens is 448 g/mol. The van der Waals surface area contributed by atoms with Gasteiger partial charge in [-0.15, -0.1) is 0 Å².